The number of carbonyl (C=O) groups excluding carboxylic acids is 1. The van der Waals surface area contributed by atoms with E-state index in [4.69, 9.17) is 10.8 Å². The molecule has 16 heavy (non-hydrogen) atoms. The molecule has 2 atom stereocenters. The van der Waals surface area contributed by atoms with E-state index in [-0.39, 0.29) is 5.91 Å². The fourth-order valence-corrected chi connectivity index (χ4v) is 2.10. The van der Waals surface area contributed by atoms with Gasteiger partial charge in [-0.1, -0.05) is 13.3 Å². The summed E-state index contributed by atoms with van der Waals surface area (Å²) in [5.41, 5.74) is 5.74. The number of carbonyl (C=O) groups is 2. The van der Waals surface area contributed by atoms with Crippen molar-refractivity contribution in [1.82, 2.24) is 4.90 Å². The summed E-state index contributed by atoms with van der Waals surface area (Å²) in [4.78, 5) is 24.4. The van der Waals surface area contributed by atoms with E-state index >= 15 is 0 Å². The van der Waals surface area contributed by atoms with Crippen molar-refractivity contribution >= 4 is 11.9 Å². The van der Waals surface area contributed by atoms with Gasteiger partial charge in [-0.2, -0.15) is 0 Å². The van der Waals surface area contributed by atoms with E-state index in [0.717, 1.165) is 19.3 Å². The van der Waals surface area contributed by atoms with Crippen LogP contribution in [-0.4, -0.2) is 40.5 Å². The summed E-state index contributed by atoms with van der Waals surface area (Å²) < 4.78 is 0. The number of amides is 1. The lowest BCUT2D eigenvalue weighted by Crippen LogP contribution is -2.53. The molecule has 1 fully saturated rings. The van der Waals surface area contributed by atoms with Gasteiger partial charge < -0.3 is 15.7 Å². The molecule has 0 radical (unpaired) electrons. The molecule has 0 spiro atoms. The Labute approximate surface area is 95.6 Å². The Morgan fingerprint density at radius 1 is 1.50 bits per heavy atom. The molecule has 1 saturated heterocycles. The molecule has 1 rings (SSSR count). The van der Waals surface area contributed by atoms with Crippen molar-refractivity contribution in [3.63, 3.8) is 0 Å². The zero-order valence-corrected chi connectivity index (χ0v) is 9.69. The Morgan fingerprint density at radius 2 is 2.19 bits per heavy atom. The van der Waals surface area contributed by atoms with Gasteiger partial charge in [-0.15, -0.1) is 0 Å². The van der Waals surface area contributed by atoms with Gasteiger partial charge in [0.05, 0.1) is 6.04 Å². The average molecular weight is 228 g/mol. The highest BCUT2D eigenvalue weighted by Crippen LogP contribution is 2.18. The van der Waals surface area contributed by atoms with Crippen LogP contribution in [-0.2, 0) is 9.59 Å². The van der Waals surface area contributed by atoms with E-state index in [1.54, 1.807) is 0 Å². The number of carboxylic acids is 1. The molecule has 1 heterocycles. The number of carboxylic acid groups (broad SMARTS) is 1. The topological polar surface area (TPSA) is 83.6 Å². The Kier molecular flexibility index (Phi) is 4.73. The number of hydrogen-bond acceptors (Lipinski definition) is 3. The third-order valence-corrected chi connectivity index (χ3v) is 2.99. The first kappa shape index (κ1) is 13.0. The fraction of sp³-hybridized carbons (Fsp3) is 0.818. The molecule has 5 heteroatoms. The molecule has 92 valence electrons. The summed E-state index contributed by atoms with van der Waals surface area (Å²) in [7, 11) is 0. The number of nitrogens with two attached hydrogens (primary N) is 1. The van der Waals surface area contributed by atoms with Crippen LogP contribution in [0.1, 0.15) is 39.0 Å². The van der Waals surface area contributed by atoms with E-state index in [1.165, 1.54) is 4.90 Å². The van der Waals surface area contributed by atoms with Gasteiger partial charge in [-0.3, -0.25) is 4.79 Å². The van der Waals surface area contributed by atoms with Gasteiger partial charge in [0.25, 0.3) is 0 Å². The van der Waals surface area contributed by atoms with Crippen LogP contribution in [0.25, 0.3) is 0 Å². The Morgan fingerprint density at radius 3 is 2.75 bits per heavy atom. The first-order chi connectivity index (χ1) is 7.57. The van der Waals surface area contributed by atoms with Crippen molar-refractivity contribution in [2.75, 3.05) is 6.54 Å². The van der Waals surface area contributed by atoms with Crippen LogP contribution in [0.5, 0.6) is 0 Å². The van der Waals surface area contributed by atoms with Crippen LogP contribution >= 0.6 is 0 Å². The minimum absolute atomic E-state index is 0.214. The lowest BCUT2D eigenvalue weighted by Gasteiger charge is -2.34. The van der Waals surface area contributed by atoms with Gasteiger partial charge in [-0.25, -0.2) is 4.79 Å². The van der Waals surface area contributed by atoms with Crippen molar-refractivity contribution in [1.29, 1.82) is 0 Å². The zero-order chi connectivity index (χ0) is 12.1. The second-order valence-electron chi connectivity index (χ2n) is 4.28. The third kappa shape index (κ3) is 2.95. The van der Waals surface area contributed by atoms with Gasteiger partial charge in [0, 0.05) is 6.54 Å². The second-order valence-corrected chi connectivity index (χ2v) is 4.28. The normalized spacial score (nSPS) is 22.9. The Hall–Kier alpha value is -1.10. The average Bonchev–Trinajstić information content (AvgIpc) is 2.28. The maximum Gasteiger partial charge on any atom is 0.326 e. The lowest BCUT2D eigenvalue weighted by atomic mass is 10.0. The zero-order valence-electron chi connectivity index (χ0n) is 9.69. The molecule has 0 aromatic rings. The predicted octanol–water partition coefficient (Wildman–Crippen LogP) is 0.579. The molecule has 5 nitrogen and oxygen atoms in total. The standard InChI is InChI=1S/C11H20N2O3/c1-2-5-8(12)10(14)13-7-4-3-6-9(13)11(15)16/h8-9H,2-7,12H2,1H3,(H,15,16)/t8-,9?/m0/s1. The van der Waals surface area contributed by atoms with Crippen LogP contribution < -0.4 is 5.73 Å². The quantitative estimate of drug-likeness (QED) is 0.737. The predicted molar refractivity (Wildman–Crippen MR) is 59.9 cm³/mol. The van der Waals surface area contributed by atoms with Crippen LogP contribution in [0.3, 0.4) is 0 Å². The van der Waals surface area contributed by atoms with Gasteiger partial charge in [0.2, 0.25) is 5.91 Å². The van der Waals surface area contributed by atoms with Gasteiger partial charge in [0.1, 0.15) is 6.04 Å². The summed E-state index contributed by atoms with van der Waals surface area (Å²) in [5.74, 6) is -1.13. The smallest absolute Gasteiger partial charge is 0.326 e. The summed E-state index contributed by atoms with van der Waals surface area (Å²) in [6.07, 6.45) is 3.72. The maximum absolute atomic E-state index is 11.9. The number of likely N-dealkylation sites (tertiary alicyclic amines) is 1. The highest BCUT2D eigenvalue weighted by molar-refractivity contribution is 5.87. The summed E-state index contributed by atoms with van der Waals surface area (Å²) in [6.45, 7) is 2.48. The maximum atomic E-state index is 11.9. The lowest BCUT2D eigenvalue weighted by molar-refractivity contribution is -0.152. The van der Waals surface area contributed by atoms with E-state index in [2.05, 4.69) is 0 Å². The number of aliphatic carboxylic acids is 1. The highest BCUT2D eigenvalue weighted by Gasteiger charge is 2.33. The van der Waals surface area contributed by atoms with Crippen molar-refractivity contribution in [2.24, 2.45) is 5.73 Å². The number of nitrogens with zero attached hydrogens (tertiary/aromatic N) is 1. The molecule has 1 unspecified atom stereocenters. The number of piperidine rings is 1. The molecule has 1 aliphatic rings. The minimum atomic E-state index is -0.920. The van der Waals surface area contributed by atoms with Crippen LogP contribution in [0.2, 0.25) is 0 Å². The monoisotopic (exact) mass is 228 g/mol. The Bertz CT molecular complexity index is 268. The molecule has 1 amide bonds. The fourth-order valence-electron chi connectivity index (χ4n) is 2.10. The van der Waals surface area contributed by atoms with Crippen LogP contribution in [0, 0.1) is 0 Å². The van der Waals surface area contributed by atoms with Crippen LogP contribution in [0.4, 0.5) is 0 Å². The molecule has 0 bridgehead atoms. The van der Waals surface area contributed by atoms with Crippen molar-refractivity contribution < 1.29 is 14.7 Å². The summed E-state index contributed by atoms with van der Waals surface area (Å²) >= 11 is 0. The number of hydrogen-bond donors (Lipinski definition) is 2. The molecule has 0 aromatic heterocycles. The van der Waals surface area contributed by atoms with Crippen LogP contribution in [0.15, 0.2) is 0 Å². The third-order valence-electron chi connectivity index (χ3n) is 2.99. The van der Waals surface area contributed by atoms with Crippen molar-refractivity contribution in [3.8, 4) is 0 Å². The first-order valence-corrected chi connectivity index (χ1v) is 5.86. The van der Waals surface area contributed by atoms with Crippen molar-refractivity contribution in [3.05, 3.63) is 0 Å². The van der Waals surface area contributed by atoms with E-state index in [1.807, 2.05) is 6.92 Å². The minimum Gasteiger partial charge on any atom is -0.480 e. The second kappa shape index (κ2) is 5.84. The van der Waals surface area contributed by atoms with E-state index < -0.39 is 18.1 Å². The molecular weight excluding hydrogens is 208 g/mol. The van der Waals surface area contributed by atoms with Gasteiger partial charge in [0.15, 0.2) is 0 Å². The SMILES string of the molecule is CCC[C@H](N)C(=O)N1CCCCC1C(=O)O. The summed E-state index contributed by atoms with van der Waals surface area (Å²) in [6, 6.07) is -1.23. The molecule has 3 N–H and O–H groups in total. The largest absolute Gasteiger partial charge is 0.480 e. The molecule has 0 aliphatic carbocycles. The number of rotatable bonds is 4. The van der Waals surface area contributed by atoms with E-state index in [9.17, 15) is 9.59 Å². The highest BCUT2D eigenvalue weighted by atomic mass is 16.4. The molecule has 1 aliphatic heterocycles. The summed E-state index contributed by atoms with van der Waals surface area (Å²) in [5, 5.41) is 9.03. The van der Waals surface area contributed by atoms with Gasteiger partial charge in [-0.05, 0) is 25.7 Å². The van der Waals surface area contributed by atoms with Gasteiger partial charge >= 0.3 is 5.97 Å². The van der Waals surface area contributed by atoms with E-state index in [0.29, 0.717) is 19.4 Å². The molecule has 0 saturated carbocycles. The first-order valence-electron chi connectivity index (χ1n) is 5.86. The van der Waals surface area contributed by atoms with Crippen molar-refractivity contribution in [2.45, 2.75) is 51.1 Å². The molecule has 0 aromatic carbocycles. The molecular formula is C11H20N2O3. The Balaban J connectivity index is 2.67.